The molecule has 0 aromatic heterocycles. The van der Waals surface area contributed by atoms with Crippen LogP contribution >= 0.6 is 0 Å². The van der Waals surface area contributed by atoms with Gasteiger partial charge in [-0.15, -0.1) is 0 Å². The molecule has 0 saturated carbocycles. The van der Waals surface area contributed by atoms with Gasteiger partial charge in [0.2, 0.25) is 15.9 Å². The highest BCUT2D eigenvalue weighted by atomic mass is 32.2. The van der Waals surface area contributed by atoms with Gasteiger partial charge in [-0.3, -0.25) is 9.59 Å². The summed E-state index contributed by atoms with van der Waals surface area (Å²) in [5, 5.41) is 6.79. The first kappa shape index (κ1) is 30.3. The van der Waals surface area contributed by atoms with E-state index in [-0.39, 0.29) is 24.3 Å². The largest absolute Gasteiger partial charge is 0.416 e. The third-order valence-corrected chi connectivity index (χ3v) is 8.01. The lowest BCUT2D eigenvalue weighted by Crippen LogP contribution is -2.52. The number of likely N-dealkylation sites (tertiary alicyclic amines) is 1. The molecule has 5 N–H and O–H groups in total. The van der Waals surface area contributed by atoms with Gasteiger partial charge < -0.3 is 26.0 Å². The monoisotopic (exact) mass is 561 g/mol. The van der Waals surface area contributed by atoms with Gasteiger partial charge in [0.15, 0.2) is 0 Å². The lowest BCUT2D eigenvalue weighted by molar-refractivity contribution is -0.137. The molecule has 2 atom stereocenters. The zero-order chi connectivity index (χ0) is 28.3. The molecule has 3 rings (SSSR count). The maximum atomic E-state index is 13.1. The molecular weight excluding hydrogens is 522 g/mol. The molecular formula is C27H39N5O6S. The Kier molecular flexibility index (Phi) is 11.5. The molecule has 0 bridgehead atoms. The highest BCUT2D eigenvalue weighted by molar-refractivity contribution is 7.89. The minimum Gasteiger partial charge on any atom is -0.416 e. The second kappa shape index (κ2) is 14.8. The van der Waals surface area contributed by atoms with Crippen molar-refractivity contribution < 1.29 is 27.5 Å². The Hall–Kier alpha value is -3.22. The number of hydrogen-bond donors (Lipinski definition) is 4. The number of benzene rings is 2. The number of rotatable bonds is 13. The normalized spacial score (nSPS) is 15.4. The molecule has 1 heterocycles. The summed E-state index contributed by atoms with van der Waals surface area (Å²) in [7, 11) is -3.97. The van der Waals surface area contributed by atoms with Crippen LogP contribution in [0.1, 0.15) is 51.9 Å². The van der Waals surface area contributed by atoms with Crippen LogP contribution in [0.15, 0.2) is 47.4 Å². The Morgan fingerprint density at radius 3 is 2.46 bits per heavy atom. The van der Waals surface area contributed by atoms with Gasteiger partial charge in [-0.2, -0.15) is 0 Å². The van der Waals surface area contributed by atoms with Crippen molar-refractivity contribution in [2.75, 3.05) is 26.2 Å². The van der Waals surface area contributed by atoms with Gasteiger partial charge >= 0.3 is 6.09 Å². The molecule has 39 heavy (non-hydrogen) atoms. The molecule has 2 aromatic rings. The molecule has 1 aliphatic heterocycles. The lowest BCUT2D eigenvalue weighted by Gasteiger charge is -2.28. The average Bonchev–Trinajstić information content (AvgIpc) is 2.92. The van der Waals surface area contributed by atoms with Crippen LogP contribution in [-0.4, -0.2) is 69.7 Å². The van der Waals surface area contributed by atoms with E-state index in [1.54, 1.807) is 12.1 Å². The highest BCUT2D eigenvalue weighted by Crippen LogP contribution is 2.19. The lowest BCUT2D eigenvalue weighted by atomic mass is 10.1. The van der Waals surface area contributed by atoms with Crippen LogP contribution in [-0.2, 0) is 24.3 Å². The summed E-state index contributed by atoms with van der Waals surface area (Å²) in [6, 6.07) is 11.3. The SMILES string of the molecule is CCCCNC(=O)[C@@H](NC(=O)CC(CCN)NS(=O)(=O)c1ccc2ccccc2c1)OC(=O)N1CCCCC1. The van der Waals surface area contributed by atoms with Crippen molar-refractivity contribution in [3.05, 3.63) is 42.5 Å². The second-order valence-electron chi connectivity index (χ2n) is 9.63. The van der Waals surface area contributed by atoms with Crippen molar-refractivity contribution in [3.8, 4) is 0 Å². The van der Waals surface area contributed by atoms with Gasteiger partial charge in [-0.05, 0) is 61.6 Å². The number of nitrogens with two attached hydrogens (primary N) is 1. The number of piperidine rings is 1. The van der Waals surface area contributed by atoms with Crippen LogP contribution in [0, 0.1) is 0 Å². The fourth-order valence-corrected chi connectivity index (χ4v) is 5.64. The van der Waals surface area contributed by atoms with Crippen LogP contribution in [0.3, 0.4) is 0 Å². The smallest absolute Gasteiger partial charge is 0.412 e. The van der Waals surface area contributed by atoms with E-state index in [1.807, 2.05) is 31.2 Å². The molecule has 11 nitrogen and oxygen atoms in total. The quantitative estimate of drug-likeness (QED) is 0.215. The Bertz CT molecular complexity index is 1230. The topological polar surface area (TPSA) is 160 Å². The van der Waals surface area contributed by atoms with Crippen molar-refractivity contribution in [1.82, 2.24) is 20.3 Å². The average molecular weight is 562 g/mol. The van der Waals surface area contributed by atoms with E-state index in [9.17, 15) is 22.8 Å². The molecule has 0 aliphatic carbocycles. The molecule has 1 aliphatic rings. The number of ether oxygens (including phenoxy) is 1. The molecule has 1 fully saturated rings. The minimum atomic E-state index is -3.97. The maximum absolute atomic E-state index is 13.1. The molecule has 214 valence electrons. The predicted molar refractivity (Wildman–Crippen MR) is 148 cm³/mol. The third kappa shape index (κ3) is 9.19. The summed E-state index contributed by atoms with van der Waals surface area (Å²) >= 11 is 0. The van der Waals surface area contributed by atoms with E-state index < -0.39 is 40.2 Å². The van der Waals surface area contributed by atoms with Crippen LogP contribution in [0.25, 0.3) is 10.8 Å². The summed E-state index contributed by atoms with van der Waals surface area (Å²) in [4.78, 5) is 39.9. The minimum absolute atomic E-state index is 0.0623. The van der Waals surface area contributed by atoms with Gasteiger partial charge in [0, 0.05) is 32.1 Å². The summed E-state index contributed by atoms with van der Waals surface area (Å²) < 4.78 is 34.2. The number of amides is 3. The van der Waals surface area contributed by atoms with E-state index in [4.69, 9.17) is 10.5 Å². The second-order valence-corrected chi connectivity index (χ2v) is 11.3. The van der Waals surface area contributed by atoms with Gasteiger partial charge in [0.05, 0.1) is 4.90 Å². The Labute approximate surface area is 229 Å². The van der Waals surface area contributed by atoms with Crippen LogP contribution < -0.4 is 21.1 Å². The molecule has 1 unspecified atom stereocenters. The summed E-state index contributed by atoms with van der Waals surface area (Å²) in [5.74, 6) is -1.30. The van der Waals surface area contributed by atoms with Gasteiger partial charge in [-0.1, -0.05) is 43.7 Å². The van der Waals surface area contributed by atoms with Crippen LogP contribution in [0.4, 0.5) is 4.79 Å². The van der Waals surface area contributed by atoms with Crippen molar-refractivity contribution in [3.63, 3.8) is 0 Å². The Morgan fingerprint density at radius 2 is 1.77 bits per heavy atom. The summed E-state index contributed by atoms with van der Waals surface area (Å²) in [6.07, 6.45) is 1.93. The third-order valence-electron chi connectivity index (χ3n) is 6.49. The van der Waals surface area contributed by atoms with Gasteiger partial charge in [0.25, 0.3) is 12.1 Å². The predicted octanol–water partition coefficient (Wildman–Crippen LogP) is 2.21. The van der Waals surface area contributed by atoms with Crippen LogP contribution in [0.2, 0.25) is 0 Å². The first-order chi connectivity index (χ1) is 18.7. The van der Waals surface area contributed by atoms with Gasteiger partial charge in [0.1, 0.15) is 0 Å². The van der Waals surface area contributed by atoms with Crippen molar-refractivity contribution >= 4 is 38.7 Å². The standard InChI is InChI=1S/C27H39N5O6S/c1-2-3-15-29-25(34)26(38-27(35)32-16-7-4-8-17-32)30-24(33)19-22(13-14-28)31-39(36,37)23-12-11-20-9-5-6-10-21(20)18-23/h5-6,9-12,18,22,26,31H,2-4,7-8,13-17,19,28H2,1H3,(H,29,34)(H,30,33)/t22?,26-/m0/s1. The molecule has 1 saturated heterocycles. The highest BCUT2D eigenvalue weighted by Gasteiger charge is 2.30. The first-order valence-electron chi connectivity index (χ1n) is 13.5. The molecule has 0 radical (unpaired) electrons. The Balaban J connectivity index is 1.68. The molecule has 0 spiro atoms. The van der Waals surface area contributed by atoms with Crippen molar-refractivity contribution in [1.29, 1.82) is 0 Å². The van der Waals surface area contributed by atoms with E-state index in [0.717, 1.165) is 42.9 Å². The maximum Gasteiger partial charge on any atom is 0.412 e. The number of fused-ring (bicyclic) bond motifs is 1. The number of sulfonamides is 1. The molecule has 12 heteroatoms. The Morgan fingerprint density at radius 1 is 1.05 bits per heavy atom. The fourth-order valence-electron chi connectivity index (χ4n) is 4.34. The number of hydrogen-bond acceptors (Lipinski definition) is 7. The zero-order valence-electron chi connectivity index (χ0n) is 22.4. The van der Waals surface area contributed by atoms with E-state index in [2.05, 4.69) is 15.4 Å². The molecule has 3 amide bonds. The molecule has 2 aromatic carbocycles. The zero-order valence-corrected chi connectivity index (χ0v) is 23.2. The van der Waals surface area contributed by atoms with E-state index in [1.165, 1.54) is 11.0 Å². The fraction of sp³-hybridized carbons (Fsp3) is 0.519. The summed E-state index contributed by atoms with van der Waals surface area (Å²) in [5.41, 5.74) is 5.70. The van der Waals surface area contributed by atoms with Crippen molar-refractivity contribution in [2.45, 2.75) is 69.0 Å². The van der Waals surface area contributed by atoms with E-state index in [0.29, 0.717) is 19.6 Å². The van der Waals surface area contributed by atoms with Crippen molar-refractivity contribution in [2.24, 2.45) is 5.73 Å². The van der Waals surface area contributed by atoms with E-state index >= 15 is 0 Å². The van der Waals surface area contributed by atoms with Gasteiger partial charge in [-0.25, -0.2) is 17.9 Å². The summed E-state index contributed by atoms with van der Waals surface area (Å²) in [6.45, 7) is 3.50. The first-order valence-corrected chi connectivity index (χ1v) is 15.0. The number of carbonyl (C=O) groups is 3. The number of carbonyl (C=O) groups excluding carboxylic acids is 3. The number of nitrogens with one attached hydrogen (secondary N) is 3. The number of unbranched alkanes of at least 4 members (excludes halogenated alkanes) is 1. The van der Waals surface area contributed by atoms with Crippen LogP contribution in [0.5, 0.6) is 0 Å². The number of nitrogens with zero attached hydrogens (tertiary/aromatic N) is 1.